The van der Waals surface area contributed by atoms with Gasteiger partial charge in [-0.2, -0.15) is 0 Å². The summed E-state index contributed by atoms with van der Waals surface area (Å²) in [6, 6.07) is 5.03. The lowest BCUT2D eigenvalue weighted by Crippen LogP contribution is -2.37. The van der Waals surface area contributed by atoms with E-state index in [1.165, 1.54) is 23.2 Å². The van der Waals surface area contributed by atoms with Crippen molar-refractivity contribution in [2.24, 2.45) is 14.1 Å². The number of carbonyl (C=O) groups is 1. The summed E-state index contributed by atoms with van der Waals surface area (Å²) in [4.78, 5) is 40.2. The Morgan fingerprint density at radius 3 is 2.41 bits per heavy atom. The molecule has 0 saturated heterocycles. The summed E-state index contributed by atoms with van der Waals surface area (Å²) in [5, 5.41) is 10.1. The van der Waals surface area contributed by atoms with Crippen LogP contribution < -0.4 is 11.2 Å². The molecule has 11 heteroatoms. The van der Waals surface area contributed by atoms with Gasteiger partial charge in [-0.25, -0.2) is 9.78 Å². The number of benzene rings is 1. The van der Waals surface area contributed by atoms with E-state index in [4.69, 9.17) is 28.3 Å². The van der Waals surface area contributed by atoms with Crippen molar-refractivity contribution in [1.29, 1.82) is 0 Å². The summed E-state index contributed by atoms with van der Waals surface area (Å²) in [5.74, 6) is -1.29. The molecular formula is C16H14Cl2N4O4S. The number of hydrogen-bond acceptors (Lipinski definition) is 5. The lowest BCUT2D eigenvalue weighted by atomic mass is 10.2. The summed E-state index contributed by atoms with van der Waals surface area (Å²) in [7, 11) is 2.86. The summed E-state index contributed by atoms with van der Waals surface area (Å²) in [6.45, 7) is 0.102. The summed E-state index contributed by atoms with van der Waals surface area (Å²) < 4.78 is 3.75. The lowest BCUT2D eigenvalue weighted by molar-refractivity contribution is -0.133. The smallest absolute Gasteiger partial charge is 0.332 e. The predicted molar refractivity (Wildman–Crippen MR) is 104 cm³/mol. The van der Waals surface area contributed by atoms with Crippen LogP contribution >= 0.6 is 35.0 Å². The lowest BCUT2D eigenvalue weighted by Gasteiger charge is -2.11. The van der Waals surface area contributed by atoms with Crippen LogP contribution in [0.3, 0.4) is 0 Å². The van der Waals surface area contributed by atoms with E-state index >= 15 is 0 Å². The van der Waals surface area contributed by atoms with Gasteiger partial charge in [-0.3, -0.25) is 18.7 Å². The fourth-order valence-corrected chi connectivity index (χ4v) is 3.88. The molecule has 0 fully saturated rings. The largest absolute Gasteiger partial charge is 0.481 e. The van der Waals surface area contributed by atoms with Crippen LogP contribution in [-0.2, 0) is 25.4 Å². The van der Waals surface area contributed by atoms with Gasteiger partial charge in [0, 0.05) is 29.7 Å². The Morgan fingerprint density at radius 1 is 1.19 bits per heavy atom. The maximum Gasteiger partial charge on any atom is 0.332 e. The van der Waals surface area contributed by atoms with Crippen molar-refractivity contribution in [2.45, 2.75) is 11.7 Å². The van der Waals surface area contributed by atoms with Gasteiger partial charge < -0.3 is 9.67 Å². The van der Waals surface area contributed by atoms with Crippen LogP contribution in [0.4, 0.5) is 0 Å². The Kier molecular flexibility index (Phi) is 5.36. The second kappa shape index (κ2) is 7.41. The third kappa shape index (κ3) is 3.50. The first-order valence-electron chi connectivity index (χ1n) is 7.66. The highest BCUT2D eigenvalue weighted by Gasteiger charge is 2.21. The number of aryl methyl sites for hydroxylation is 1. The molecule has 0 unspecified atom stereocenters. The van der Waals surface area contributed by atoms with Gasteiger partial charge in [0.25, 0.3) is 5.56 Å². The van der Waals surface area contributed by atoms with Crippen LogP contribution in [0.25, 0.3) is 11.2 Å². The molecule has 0 aliphatic heterocycles. The maximum absolute atomic E-state index is 12.7. The number of carboxylic acids is 1. The van der Waals surface area contributed by atoms with E-state index in [0.717, 1.165) is 16.3 Å². The Hall–Kier alpha value is -2.23. The summed E-state index contributed by atoms with van der Waals surface area (Å²) in [6.07, 6.45) is 0. The van der Waals surface area contributed by atoms with Gasteiger partial charge >= 0.3 is 11.7 Å². The molecule has 0 spiro atoms. The van der Waals surface area contributed by atoms with Crippen molar-refractivity contribution in [3.8, 4) is 0 Å². The van der Waals surface area contributed by atoms with E-state index in [1.54, 1.807) is 18.2 Å². The summed E-state index contributed by atoms with van der Waals surface area (Å²) in [5.41, 5.74) is -0.162. The molecule has 3 aromatic rings. The molecule has 0 aliphatic carbocycles. The van der Waals surface area contributed by atoms with Gasteiger partial charge in [0.05, 0.1) is 12.3 Å². The first-order valence-corrected chi connectivity index (χ1v) is 9.40. The molecular weight excluding hydrogens is 415 g/mol. The Balaban J connectivity index is 2.30. The quantitative estimate of drug-likeness (QED) is 0.623. The third-order valence-electron chi connectivity index (χ3n) is 4.02. The number of thioether (sulfide) groups is 1. The van der Waals surface area contributed by atoms with E-state index in [9.17, 15) is 14.4 Å². The molecule has 3 rings (SSSR count). The molecule has 1 aromatic carbocycles. The van der Waals surface area contributed by atoms with E-state index in [1.807, 2.05) is 0 Å². The fraction of sp³-hybridized carbons (Fsp3) is 0.250. The highest BCUT2D eigenvalue weighted by molar-refractivity contribution is 7.99. The summed E-state index contributed by atoms with van der Waals surface area (Å²) >= 11 is 13.4. The van der Waals surface area contributed by atoms with Gasteiger partial charge in [0.15, 0.2) is 16.3 Å². The van der Waals surface area contributed by atoms with Crippen LogP contribution in [0.1, 0.15) is 5.56 Å². The zero-order valence-corrected chi connectivity index (χ0v) is 16.6. The van der Waals surface area contributed by atoms with Crippen molar-refractivity contribution in [3.63, 3.8) is 0 Å². The van der Waals surface area contributed by atoms with Crippen molar-refractivity contribution in [1.82, 2.24) is 18.7 Å². The molecule has 142 valence electrons. The average Bonchev–Trinajstić information content (AvgIpc) is 2.98. The number of fused-ring (bicyclic) bond motifs is 1. The topological polar surface area (TPSA) is 99.1 Å². The number of aromatic nitrogens is 4. The predicted octanol–water partition coefficient (Wildman–Crippen LogP) is 1.97. The molecule has 2 aromatic heterocycles. The van der Waals surface area contributed by atoms with Crippen molar-refractivity contribution < 1.29 is 9.90 Å². The van der Waals surface area contributed by atoms with Crippen molar-refractivity contribution >= 4 is 52.1 Å². The fourth-order valence-electron chi connectivity index (χ4n) is 2.65. The molecule has 0 aliphatic rings. The van der Waals surface area contributed by atoms with Crippen molar-refractivity contribution in [2.75, 3.05) is 5.75 Å². The first kappa shape index (κ1) is 19.5. The van der Waals surface area contributed by atoms with Crippen LogP contribution in [0, 0.1) is 0 Å². The Morgan fingerprint density at radius 2 is 1.81 bits per heavy atom. The zero-order chi connectivity index (χ0) is 19.9. The average molecular weight is 429 g/mol. The van der Waals surface area contributed by atoms with E-state index in [2.05, 4.69) is 4.98 Å². The van der Waals surface area contributed by atoms with Gasteiger partial charge in [0.2, 0.25) is 0 Å². The Labute approximate surface area is 167 Å². The van der Waals surface area contributed by atoms with E-state index < -0.39 is 17.2 Å². The van der Waals surface area contributed by atoms with Crippen molar-refractivity contribution in [3.05, 3.63) is 54.6 Å². The molecule has 0 radical (unpaired) electrons. The maximum atomic E-state index is 12.7. The van der Waals surface area contributed by atoms with E-state index in [0.29, 0.717) is 15.6 Å². The zero-order valence-electron chi connectivity index (χ0n) is 14.3. The number of imidazole rings is 1. The molecule has 27 heavy (non-hydrogen) atoms. The molecule has 0 amide bonds. The van der Waals surface area contributed by atoms with Gasteiger partial charge in [0.1, 0.15) is 0 Å². The number of nitrogens with zero attached hydrogens (tertiary/aromatic N) is 4. The molecule has 0 atom stereocenters. The number of aliphatic carboxylic acids is 1. The molecule has 8 nitrogen and oxygen atoms in total. The van der Waals surface area contributed by atoms with Crippen LogP contribution in [-0.4, -0.2) is 35.5 Å². The molecule has 2 heterocycles. The number of carboxylic acid groups (broad SMARTS) is 1. The molecule has 0 bridgehead atoms. The van der Waals surface area contributed by atoms with Crippen LogP contribution in [0.15, 0.2) is 32.9 Å². The van der Waals surface area contributed by atoms with Gasteiger partial charge in [-0.05, 0) is 12.1 Å². The second-order valence-corrected chi connectivity index (χ2v) is 7.50. The SMILES string of the molecule is Cn1c(=O)c2c(nc(SCC(=O)O)n2Cc2c(Cl)cccc2Cl)n(C)c1=O. The molecule has 0 saturated carbocycles. The minimum atomic E-state index is -1.03. The minimum Gasteiger partial charge on any atom is -0.481 e. The monoisotopic (exact) mass is 428 g/mol. The van der Waals surface area contributed by atoms with Crippen LogP contribution in [0.5, 0.6) is 0 Å². The minimum absolute atomic E-state index is 0.102. The number of rotatable bonds is 5. The number of halogens is 2. The second-order valence-electron chi connectivity index (χ2n) is 5.74. The first-order chi connectivity index (χ1) is 12.7. The third-order valence-corrected chi connectivity index (χ3v) is 5.68. The highest BCUT2D eigenvalue weighted by atomic mass is 35.5. The Bertz CT molecular complexity index is 1160. The van der Waals surface area contributed by atoms with E-state index in [-0.39, 0.29) is 28.6 Å². The highest BCUT2D eigenvalue weighted by Crippen LogP contribution is 2.29. The van der Waals surface area contributed by atoms with Gasteiger partial charge in [-0.15, -0.1) is 0 Å². The number of hydrogen-bond donors (Lipinski definition) is 1. The standard InChI is InChI=1S/C16H14Cl2N4O4S/c1-20-13-12(14(25)21(2)16(20)26)22(15(19-13)27-7-11(23)24)6-8-9(17)4-3-5-10(8)18/h3-5H,6-7H2,1-2H3,(H,23,24). The van der Waals surface area contributed by atoms with Crippen LogP contribution in [0.2, 0.25) is 10.0 Å². The van der Waals surface area contributed by atoms with Gasteiger partial charge in [-0.1, -0.05) is 41.0 Å². The molecule has 1 N–H and O–H groups in total. The normalized spacial score (nSPS) is 11.3.